The Kier molecular flexibility index (Phi) is 5.53. The van der Waals surface area contributed by atoms with Gasteiger partial charge in [0.05, 0.1) is 15.7 Å². The summed E-state index contributed by atoms with van der Waals surface area (Å²) in [5.74, 6) is -1.81. The number of fused-ring (bicyclic) bond motifs is 1. The van der Waals surface area contributed by atoms with E-state index in [0.29, 0.717) is 5.56 Å². The van der Waals surface area contributed by atoms with Crippen LogP contribution in [0, 0.1) is 0 Å². The molecule has 0 saturated carbocycles. The molecule has 3 N–H and O–H groups in total. The van der Waals surface area contributed by atoms with Crippen molar-refractivity contribution in [2.24, 2.45) is 5.73 Å². The van der Waals surface area contributed by atoms with Crippen molar-refractivity contribution in [3.8, 4) is 0 Å². The molecule has 1 aliphatic rings. The monoisotopic (exact) mass is 472 g/mol. The summed E-state index contributed by atoms with van der Waals surface area (Å²) in [6.07, 6.45) is 3.11. The summed E-state index contributed by atoms with van der Waals surface area (Å²) < 4.78 is 1.66. The number of amides is 3. The van der Waals surface area contributed by atoms with Gasteiger partial charge in [-0.3, -0.25) is 24.6 Å². The number of carbonyl (C=O) groups is 3. The fourth-order valence-corrected chi connectivity index (χ4v) is 4.04. The number of hydrogen-bond acceptors (Lipinski definition) is 4. The Morgan fingerprint density at radius 1 is 1.13 bits per heavy atom. The van der Waals surface area contributed by atoms with Crippen molar-refractivity contribution in [2.45, 2.75) is 6.54 Å². The molecule has 3 aromatic rings. The molecule has 0 atom stereocenters. The van der Waals surface area contributed by atoms with Crippen LogP contribution in [0.25, 0.3) is 17.0 Å². The number of nitrogens with zero attached hydrogens (tertiary/aromatic N) is 2. The number of aromatic nitrogens is 1. The Bertz CT molecular complexity index is 1320. The first-order chi connectivity index (χ1) is 14.8. The van der Waals surface area contributed by atoms with Gasteiger partial charge >= 0.3 is 0 Å². The predicted octanol–water partition coefficient (Wildman–Crippen LogP) is 3.26. The zero-order valence-electron chi connectivity index (χ0n) is 15.8. The molecule has 1 aliphatic heterocycles. The molecule has 4 rings (SSSR count). The van der Waals surface area contributed by atoms with Gasteiger partial charge in [-0.05, 0) is 36.5 Å². The maximum Gasteiger partial charge on any atom is 0.270 e. The smallest absolute Gasteiger partial charge is 0.270 e. The number of anilines is 1. The maximum atomic E-state index is 13.3. The van der Waals surface area contributed by atoms with Crippen molar-refractivity contribution in [1.82, 2.24) is 9.88 Å². The van der Waals surface area contributed by atoms with Crippen LogP contribution in [0.1, 0.15) is 5.56 Å². The molecule has 3 amide bonds. The average molecular weight is 473 g/mol. The number of thiocarbonyl (C=S) groups is 1. The summed E-state index contributed by atoms with van der Waals surface area (Å²) in [4.78, 5) is 38.4. The molecule has 156 valence electrons. The van der Waals surface area contributed by atoms with E-state index in [1.54, 1.807) is 29.0 Å². The second-order valence-corrected chi connectivity index (χ2v) is 7.90. The van der Waals surface area contributed by atoms with E-state index in [1.807, 2.05) is 24.3 Å². The van der Waals surface area contributed by atoms with E-state index in [4.69, 9.17) is 41.2 Å². The van der Waals surface area contributed by atoms with Crippen LogP contribution in [0.4, 0.5) is 5.69 Å². The van der Waals surface area contributed by atoms with Gasteiger partial charge < -0.3 is 10.3 Å². The van der Waals surface area contributed by atoms with Gasteiger partial charge in [0.2, 0.25) is 5.91 Å². The Labute approximate surface area is 192 Å². The number of benzene rings is 2. The molecule has 10 heteroatoms. The topological polar surface area (TPSA) is 97.4 Å². The van der Waals surface area contributed by atoms with Crippen LogP contribution in [0.5, 0.6) is 0 Å². The highest BCUT2D eigenvalue weighted by Crippen LogP contribution is 2.34. The van der Waals surface area contributed by atoms with Crippen molar-refractivity contribution in [3.05, 3.63) is 69.8 Å². The summed E-state index contributed by atoms with van der Waals surface area (Å²) in [6, 6.07) is 12.0. The standard InChI is InChI=1S/C21H14Cl2N4O3S/c22-14-5-3-7-16(18(14)23)27-20(30)13(19(29)25-21(27)31)8-11-9-26(10-17(24)28)15-6-2-1-4-12(11)15/h1-9H,10H2,(H2,24,28)(H,25,29,31). The lowest BCUT2D eigenvalue weighted by atomic mass is 10.1. The molecule has 0 spiro atoms. The molecule has 0 unspecified atom stereocenters. The number of halogens is 2. The van der Waals surface area contributed by atoms with E-state index in [2.05, 4.69) is 5.32 Å². The highest BCUT2D eigenvalue weighted by Gasteiger charge is 2.36. The second-order valence-electron chi connectivity index (χ2n) is 6.73. The highest BCUT2D eigenvalue weighted by molar-refractivity contribution is 7.80. The van der Waals surface area contributed by atoms with E-state index >= 15 is 0 Å². The summed E-state index contributed by atoms with van der Waals surface area (Å²) in [5.41, 5.74) is 6.76. The minimum atomic E-state index is -0.648. The van der Waals surface area contributed by atoms with E-state index in [0.717, 1.165) is 15.8 Å². The van der Waals surface area contributed by atoms with E-state index < -0.39 is 17.7 Å². The average Bonchev–Trinajstić information content (AvgIpc) is 3.05. The molecule has 1 saturated heterocycles. The predicted molar refractivity (Wildman–Crippen MR) is 124 cm³/mol. The largest absolute Gasteiger partial charge is 0.368 e. The second kappa shape index (κ2) is 8.14. The number of para-hydroxylation sites is 1. The number of primary amides is 1. The Morgan fingerprint density at radius 3 is 2.61 bits per heavy atom. The SMILES string of the molecule is NC(=O)Cn1cc(C=C2C(=O)NC(=S)N(c3cccc(Cl)c3Cl)C2=O)c2ccccc21. The Hall–Kier alpha value is -3.20. The minimum absolute atomic E-state index is 0.0435. The first kappa shape index (κ1) is 21.0. The quantitative estimate of drug-likeness (QED) is 0.345. The fourth-order valence-electron chi connectivity index (χ4n) is 3.39. The normalized spacial score (nSPS) is 15.6. The number of nitrogens with two attached hydrogens (primary N) is 1. The van der Waals surface area contributed by atoms with Gasteiger partial charge in [0.1, 0.15) is 12.1 Å². The summed E-state index contributed by atoms with van der Waals surface area (Å²) in [6.45, 7) is -0.0435. The molecule has 0 bridgehead atoms. The molecule has 7 nitrogen and oxygen atoms in total. The summed E-state index contributed by atoms with van der Waals surface area (Å²) >= 11 is 17.5. The third-order valence-electron chi connectivity index (χ3n) is 4.72. The summed E-state index contributed by atoms with van der Waals surface area (Å²) in [7, 11) is 0. The van der Waals surface area contributed by atoms with Crippen LogP contribution in [0.3, 0.4) is 0 Å². The van der Waals surface area contributed by atoms with E-state index in [-0.39, 0.29) is 33.0 Å². The Balaban J connectivity index is 1.83. The lowest BCUT2D eigenvalue weighted by Crippen LogP contribution is -2.54. The van der Waals surface area contributed by atoms with Gasteiger partial charge in [0.25, 0.3) is 11.8 Å². The summed E-state index contributed by atoms with van der Waals surface area (Å²) in [5, 5.41) is 3.53. The third-order valence-corrected chi connectivity index (χ3v) is 5.81. The van der Waals surface area contributed by atoms with E-state index in [9.17, 15) is 14.4 Å². The van der Waals surface area contributed by atoms with Crippen LogP contribution >= 0.6 is 35.4 Å². The fraction of sp³-hybridized carbons (Fsp3) is 0.0476. The third kappa shape index (κ3) is 3.81. The lowest BCUT2D eigenvalue weighted by Gasteiger charge is -2.29. The molecular formula is C21H14Cl2N4O3S. The number of hydrogen-bond donors (Lipinski definition) is 2. The van der Waals surface area contributed by atoms with Crippen LogP contribution in [0.15, 0.2) is 54.2 Å². The number of carbonyl (C=O) groups excluding carboxylic acids is 3. The van der Waals surface area contributed by atoms with Crippen LogP contribution in [-0.2, 0) is 20.9 Å². The molecular weight excluding hydrogens is 459 g/mol. The van der Waals surface area contributed by atoms with Gasteiger partial charge in [-0.25, -0.2) is 0 Å². The molecule has 2 aromatic carbocycles. The van der Waals surface area contributed by atoms with Crippen molar-refractivity contribution in [1.29, 1.82) is 0 Å². The Morgan fingerprint density at radius 2 is 1.87 bits per heavy atom. The zero-order chi connectivity index (χ0) is 22.3. The highest BCUT2D eigenvalue weighted by atomic mass is 35.5. The van der Waals surface area contributed by atoms with Crippen LogP contribution in [-0.4, -0.2) is 27.4 Å². The molecule has 2 heterocycles. The van der Waals surface area contributed by atoms with Gasteiger partial charge in [-0.15, -0.1) is 0 Å². The first-order valence-corrected chi connectivity index (χ1v) is 10.2. The minimum Gasteiger partial charge on any atom is -0.368 e. The van der Waals surface area contributed by atoms with Gasteiger partial charge in [-0.2, -0.15) is 0 Å². The van der Waals surface area contributed by atoms with Crippen molar-refractivity contribution in [2.75, 3.05) is 4.90 Å². The lowest BCUT2D eigenvalue weighted by molar-refractivity contribution is -0.122. The molecule has 1 fully saturated rings. The first-order valence-electron chi connectivity index (χ1n) is 8.99. The van der Waals surface area contributed by atoms with Gasteiger partial charge in [0.15, 0.2) is 5.11 Å². The number of nitrogens with one attached hydrogen (secondary N) is 1. The molecule has 31 heavy (non-hydrogen) atoms. The van der Waals surface area contributed by atoms with Crippen LogP contribution in [0.2, 0.25) is 10.0 Å². The molecule has 1 aromatic heterocycles. The zero-order valence-corrected chi connectivity index (χ0v) is 18.1. The van der Waals surface area contributed by atoms with Crippen molar-refractivity contribution in [3.63, 3.8) is 0 Å². The van der Waals surface area contributed by atoms with Crippen molar-refractivity contribution >= 4 is 80.9 Å². The molecule has 0 aliphatic carbocycles. The van der Waals surface area contributed by atoms with E-state index in [1.165, 1.54) is 6.08 Å². The van der Waals surface area contributed by atoms with Crippen molar-refractivity contribution < 1.29 is 14.4 Å². The maximum absolute atomic E-state index is 13.3. The number of rotatable bonds is 4. The van der Waals surface area contributed by atoms with Gasteiger partial charge in [0, 0.05) is 22.7 Å². The van der Waals surface area contributed by atoms with Crippen LogP contribution < -0.4 is 16.0 Å². The molecule has 0 radical (unpaired) electrons. The van der Waals surface area contributed by atoms with Gasteiger partial charge in [-0.1, -0.05) is 47.5 Å².